The lowest BCUT2D eigenvalue weighted by Gasteiger charge is -2.35. The fraction of sp³-hybridized carbons (Fsp3) is 0.472. The first-order valence-electron chi connectivity index (χ1n) is 25.6. The number of aromatic nitrogens is 4. The summed E-state index contributed by atoms with van der Waals surface area (Å²) in [5.74, 6) is -0.440. The third-order valence-electron chi connectivity index (χ3n) is 13.7. The van der Waals surface area contributed by atoms with E-state index in [1.54, 1.807) is 61.9 Å². The molecule has 406 valence electrons. The van der Waals surface area contributed by atoms with Crippen molar-refractivity contribution in [3.8, 4) is 22.8 Å². The van der Waals surface area contributed by atoms with Crippen molar-refractivity contribution in [1.29, 1.82) is 0 Å². The molecule has 3 aliphatic rings. The Morgan fingerprint density at radius 2 is 1.67 bits per heavy atom. The number of likely N-dealkylation sites (tertiary alicyclic amines) is 1. The molecule has 0 bridgehead atoms. The summed E-state index contributed by atoms with van der Waals surface area (Å²) in [5.41, 5.74) is -1.34. The number of alkyl halides is 3. The van der Waals surface area contributed by atoms with Crippen LogP contribution in [0.3, 0.4) is 0 Å². The number of hydrogen-bond donors (Lipinski definition) is 5. The van der Waals surface area contributed by atoms with Gasteiger partial charge in [0.2, 0.25) is 23.5 Å². The Labute approximate surface area is 448 Å². The number of ketones is 1. The predicted octanol–water partition coefficient (Wildman–Crippen LogP) is 6.97. The monoisotopic (exact) mass is 1090 g/mol. The lowest BCUT2D eigenvalue weighted by molar-refractivity contribution is -0.139. The molecule has 4 amide bonds. The molecule has 3 aromatic heterocycles. The Bertz CT molecular complexity index is 2760. The van der Waals surface area contributed by atoms with E-state index in [0.29, 0.717) is 90.6 Å². The van der Waals surface area contributed by atoms with Gasteiger partial charge in [-0.1, -0.05) is 31.4 Å². The number of carbonyl (C=O) groups is 5. The smallest absolute Gasteiger partial charge is 0.487 e. The number of thiazole rings is 1. The molecule has 3 fully saturated rings. The van der Waals surface area contributed by atoms with Crippen LogP contribution in [0.25, 0.3) is 11.3 Å². The molecule has 23 heteroatoms. The first kappa shape index (κ1) is 55.6. The highest BCUT2D eigenvalue weighted by atomic mass is 35.5. The average molecular weight is 1090 g/mol. The fourth-order valence-electron chi connectivity index (χ4n) is 9.62. The molecule has 76 heavy (non-hydrogen) atoms. The lowest BCUT2D eigenvalue weighted by atomic mass is 9.83. The standard InChI is InChI=1S/C53H63ClF2N10O9S/c1-33(57-2)48(68)63-45(34-8-4-3-5-9-34)52(71)66-21-7-12-44(66)51-62-43(32-76-51)46(67)35-10-6-11-40(28-35)74-27-26-73-25-24-72-23-20-58-49(69)36-18-22-65(31-36)47-41(42-17-19-60-64-42)29-37(30-59-47)50(70)61-38-13-15-39(16-14-38)75-53(54,55)56/h6,10-11,13-17,19,28-30,32-34,36,44-45,57H,3-5,7-9,12,18,20-27,31H2,1-2H3,(H,58,69)(H,60,64)(H,61,70)(H,63,68)/t33-,36?,44-,45-/m1/s1. The van der Waals surface area contributed by atoms with Gasteiger partial charge >= 0.3 is 5.57 Å². The minimum absolute atomic E-state index is 0.0783. The first-order valence-corrected chi connectivity index (χ1v) is 26.9. The first-order chi connectivity index (χ1) is 36.7. The molecule has 1 unspecified atom stereocenters. The van der Waals surface area contributed by atoms with Gasteiger partial charge in [0.1, 0.15) is 40.7 Å². The van der Waals surface area contributed by atoms with E-state index in [-0.39, 0.29) is 72.5 Å². The maximum absolute atomic E-state index is 14.2. The summed E-state index contributed by atoms with van der Waals surface area (Å²) in [4.78, 5) is 80.4. The van der Waals surface area contributed by atoms with Gasteiger partial charge in [-0.15, -0.1) is 20.1 Å². The number of rotatable bonds is 25. The van der Waals surface area contributed by atoms with Crippen molar-refractivity contribution in [3.05, 3.63) is 100 Å². The summed E-state index contributed by atoms with van der Waals surface area (Å²) < 4.78 is 47.6. The molecular weight excluding hydrogens is 1030 g/mol. The van der Waals surface area contributed by atoms with E-state index in [9.17, 15) is 32.8 Å². The van der Waals surface area contributed by atoms with Crippen LogP contribution in [0, 0.1) is 11.8 Å². The lowest BCUT2D eigenvalue weighted by Crippen LogP contribution is -2.55. The average Bonchev–Trinajstić information content (AvgIpc) is 4.30. The highest BCUT2D eigenvalue weighted by Crippen LogP contribution is 2.37. The minimum Gasteiger partial charge on any atom is -0.491 e. The minimum atomic E-state index is -3.86. The van der Waals surface area contributed by atoms with Gasteiger partial charge in [-0.05, 0) is 101 Å². The van der Waals surface area contributed by atoms with Gasteiger partial charge in [0.05, 0.1) is 55.7 Å². The summed E-state index contributed by atoms with van der Waals surface area (Å²) in [6.07, 6.45) is 10.1. The van der Waals surface area contributed by atoms with Crippen LogP contribution in [0.5, 0.6) is 11.5 Å². The zero-order valence-corrected chi connectivity index (χ0v) is 43.9. The summed E-state index contributed by atoms with van der Waals surface area (Å²) >= 11 is 6.21. The number of halogens is 3. The molecule has 1 saturated carbocycles. The number of nitrogens with one attached hydrogen (secondary N) is 5. The molecule has 2 aromatic carbocycles. The third-order valence-corrected chi connectivity index (χ3v) is 14.7. The predicted molar refractivity (Wildman–Crippen MR) is 281 cm³/mol. The zero-order chi connectivity index (χ0) is 53.6. The number of pyridine rings is 1. The van der Waals surface area contributed by atoms with Gasteiger partial charge in [0.25, 0.3) is 5.91 Å². The molecular formula is C53H63ClF2N10O9S. The normalized spacial score (nSPS) is 17.8. The van der Waals surface area contributed by atoms with Crippen molar-refractivity contribution in [2.24, 2.45) is 11.8 Å². The van der Waals surface area contributed by atoms with Gasteiger partial charge in [-0.2, -0.15) is 5.10 Å². The van der Waals surface area contributed by atoms with Crippen LogP contribution >= 0.6 is 22.9 Å². The van der Waals surface area contributed by atoms with Crippen LogP contribution in [0.15, 0.2) is 78.4 Å². The Morgan fingerprint density at radius 3 is 2.42 bits per heavy atom. The summed E-state index contributed by atoms with van der Waals surface area (Å²) in [6.45, 7) is 5.03. The zero-order valence-electron chi connectivity index (χ0n) is 42.4. The number of anilines is 2. The summed E-state index contributed by atoms with van der Waals surface area (Å²) in [7, 11) is 1.72. The third kappa shape index (κ3) is 14.9. The maximum Gasteiger partial charge on any atom is 0.487 e. The fourth-order valence-corrected chi connectivity index (χ4v) is 10.7. The summed E-state index contributed by atoms with van der Waals surface area (Å²) in [5, 5.41) is 21.1. The number of hydrogen-bond acceptors (Lipinski definition) is 15. The molecule has 1 aliphatic carbocycles. The van der Waals surface area contributed by atoms with E-state index in [0.717, 1.165) is 44.9 Å². The molecule has 4 atom stereocenters. The highest BCUT2D eigenvalue weighted by Gasteiger charge is 2.40. The van der Waals surface area contributed by atoms with E-state index < -0.39 is 23.6 Å². The number of benzene rings is 2. The number of likely N-dealkylation sites (N-methyl/N-ethyl adjacent to an activating group) is 1. The van der Waals surface area contributed by atoms with E-state index >= 15 is 0 Å². The largest absolute Gasteiger partial charge is 0.491 e. The molecule has 5 N–H and O–H groups in total. The van der Waals surface area contributed by atoms with Crippen LogP contribution in [0.1, 0.15) is 95.7 Å². The van der Waals surface area contributed by atoms with E-state index in [1.165, 1.54) is 41.8 Å². The second-order valence-corrected chi connectivity index (χ2v) is 20.2. The molecule has 0 radical (unpaired) electrons. The molecule has 2 aliphatic heterocycles. The van der Waals surface area contributed by atoms with Gasteiger partial charge in [-0.3, -0.25) is 29.1 Å². The number of H-pyrrole nitrogens is 1. The molecule has 8 rings (SSSR count). The molecule has 5 heterocycles. The molecule has 5 aromatic rings. The quantitative estimate of drug-likeness (QED) is 0.0226. The molecule has 19 nitrogen and oxygen atoms in total. The van der Waals surface area contributed by atoms with Crippen molar-refractivity contribution in [1.82, 2.24) is 41.0 Å². The second-order valence-electron chi connectivity index (χ2n) is 18.9. The van der Waals surface area contributed by atoms with Crippen LogP contribution < -0.4 is 35.6 Å². The van der Waals surface area contributed by atoms with E-state index in [1.807, 2.05) is 9.80 Å². The molecule has 2 saturated heterocycles. The Hall–Kier alpha value is -6.59. The van der Waals surface area contributed by atoms with E-state index in [2.05, 4.69) is 41.2 Å². The van der Waals surface area contributed by atoms with Crippen LogP contribution in [0.2, 0.25) is 0 Å². The van der Waals surface area contributed by atoms with Crippen molar-refractivity contribution in [2.75, 3.05) is 76.5 Å². The van der Waals surface area contributed by atoms with Crippen molar-refractivity contribution in [3.63, 3.8) is 0 Å². The summed E-state index contributed by atoms with van der Waals surface area (Å²) in [6, 6.07) is 14.3. The van der Waals surface area contributed by atoms with Crippen molar-refractivity contribution >= 4 is 63.9 Å². The van der Waals surface area contributed by atoms with Crippen LogP contribution in [-0.4, -0.2) is 138 Å². The number of aromatic amines is 1. The number of nitrogens with zero attached hydrogens (tertiary/aromatic N) is 5. The van der Waals surface area contributed by atoms with Crippen molar-refractivity contribution < 1.29 is 51.7 Å². The number of ether oxygens (including phenoxy) is 4. The highest BCUT2D eigenvalue weighted by molar-refractivity contribution is 7.10. The second kappa shape index (κ2) is 26.5. The van der Waals surface area contributed by atoms with Gasteiger partial charge < -0.3 is 50.0 Å². The Kier molecular flexibility index (Phi) is 19.4. The Balaban J connectivity index is 0.727. The van der Waals surface area contributed by atoms with Crippen LogP contribution in [-0.2, 0) is 23.9 Å². The number of carbonyl (C=O) groups excluding carboxylic acids is 5. The van der Waals surface area contributed by atoms with Crippen molar-refractivity contribution in [2.45, 2.75) is 82.0 Å². The van der Waals surface area contributed by atoms with Gasteiger partial charge in [-0.25, -0.2) is 9.97 Å². The Morgan fingerprint density at radius 1 is 0.895 bits per heavy atom. The van der Waals surface area contributed by atoms with Crippen LogP contribution in [0.4, 0.5) is 20.3 Å². The topological polar surface area (TPSA) is 231 Å². The SMILES string of the molecule is CN[C@H](C)C(=O)N[C@@H](C(=O)N1CCC[C@@H]1c1nc(C(=O)c2cccc(OCCOCCOCCNC(=O)C3CCN(c4ncc(C(=O)Nc5ccc(OC(F)(F)Cl)cc5)cc4-c4ccn[nH]4)C3)c2)cs1)C1CCCCC1. The number of amides is 4. The van der Waals surface area contributed by atoms with Gasteiger partial charge in [0, 0.05) is 72.4 Å². The van der Waals surface area contributed by atoms with Gasteiger partial charge in [0.15, 0.2) is 0 Å². The molecule has 0 spiro atoms. The maximum atomic E-state index is 14.2. The van der Waals surface area contributed by atoms with E-state index in [4.69, 9.17) is 30.8 Å².